The van der Waals surface area contributed by atoms with Gasteiger partial charge in [0.25, 0.3) is 10.0 Å². The highest BCUT2D eigenvalue weighted by Crippen LogP contribution is 2.30. The van der Waals surface area contributed by atoms with Crippen molar-refractivity contribution in [2.75, 3.05) is 5.73 Å². The van der Waals surface area contributed by atoms with Crippen LogP contribution in [0.1, 0.15) is 24.5 Å². The van der Waals surface area contributed by atoms with Crippen LogP contribution >= 0.6 is 0 Å². The molecule has 0 spiro atoms. The molecule has 0 amide bonds. The van der Waals surface area contributed by atoms with E-state index in [1.165, 1.54) is 3.97 Å². The van der Waals surface area contributed by atoms with E-state index in [-0.39, 0.29) is 4.90 Å². The fourth-order valence-electron chi connectivity index (χ4n) is 2.83. The zero-order valence-corrected chi connectivity index (χ0v) is 14.1. The molecule has 4 nitrogen and oxygen atoms in total. The summed E-state index contributed by atoms with van der Waals surface area (Å²) in [7, 11) is -3.66. The third-order valence-corrected chi connectivity index (χ3v) is 5.72. The maximum atomic E-state index is 12.9. The smallest absolute Gasteiger partial charge is 0.268 e. The first-order valence-electron chi connectivity index (χ1n) is 7.66. The summed E-state index contributed by atoms with van der Waals surface area (Å²) in [6.07, 6.45) is 3.48. The Bertz CT molecular complexity index is 955. The summed E-state index contributed by atoms with van der Waals surface area (Å²) in [5, 5.41) is 0.905. The van der Waals surface area contributed by atoms with Gasteiger partial charge in [0.2, 0.25) is 0 Å². The van der Waals surface area contributed by atoms with Crippen LogP contribution in [-0.2, 0) is 16.4 Å². The predicted molar refractivity (Wildman–Crippen MR) is 94.1 cm³/mol. The van der Waals surface area contributed by atoms with Crippen LogP contribution in [0.25, 0.3) is 10.9 Å². The average Bonchev–Trinajstić information content (AvgIpc) is 2.97. The van der Waals surface area contributed by atoms with Crippen LogP contribution in [0.4, 0.5) is 5.69 Å². The molecule has 0 saturated heterocycles. The Morgan fingerprint density at radius 3 is 2.39 bits per heavy atom. The maximum absolute atomic E-state index is 12.9. The Hall–Kier alpha value is -2.27. The standard InChI is InChI=1S/C18H20N2O2S/c1-3-4-14-7-10-17(19)18-16(14)11-12-20(18)23(21,22)15-8-5-13(2)6-9-15/h5-12H,3-4,19H2,1-2H3. The van der Waals surface area contributed by atoms with E-state index in [0.717, 1.165) is 29.4 Å². The van der Waals surface area contributed by atoms with Crippen molar-refractivity contribution in [1.82, 2.24) is 3.97 Å². The SMILES string of the molecule is CCCc1ccc(N)c2c1ccn2S(=O)(=O)c1ccc(C)cc1. The highest BCUT2D eigenvalue weighted by Gasteiger charge is 2.21. The van der Waals surface area contributed by atoms with Crippen molar-refractivity contribution >= 4 is 26.6 Å². The largest absolute Gasteiger partial charge is 0.397 e. The Morgan fingerprint density at radius 2 is 1.74 bits per heavy atom. The lowest BCUT2D eigenvalue weighted by Gasteiger charge is -2.11. The number of benzene rings is 2. The van der Waals surface area contributed by atoms with E-state index in [4.69, 9.17) is 5.73 Å². The van der Waals surface area contributed by atoms with Gasteiger partial charge in [0.15, 0.2) is 0 Å². The van der Waals surface area contributed by atoms with Gasteiger partial charge in [-0.05, 0) is 43.2 Å². The second-order valence-electron chi connectivity index (χ2n) is 5.76. The molecule has 2 aromatic carbocycles. The number of nitrogens with zero attached hydrogens (tertiary/aromatic N) is 1. The van der Waals surface area contributed by atoms with E-state index < -0.39 is 10.0 Å². The molecule has 0 radical (unpaired) electrons. The van der Waals surface area contributed by atoms with Gasteiger partial charge in [-0.1, -0.05) is 37.1 Å². The number of rotatable bonds is 4. The third-order valence-electron chi connectivity index (χ3n) is 4.03. The van der Waals surface area contributed by atoms with Gasteiger partial charge in [-0.3, -0.25) is 0 Å². The molecule has 0 aliphatic heterocycles. The van der Waals surface area contributed by atoms with Crippen LogP contribution in [-0.4, -0.2) is 12.4 Å². The van der Waals surface area contributed by atoms with Crippen molar-refractivity contribution in [1.29, 1.82) is 0 Å². The van der Waals surface area contributed by atoms with Gasteiger partial charge >= 0.3 is 0 Å². The van der Waals surface area contributed by atoms with E-state index in [1.54, 1.807) is 36.5 Å². The Labute approximate surface area is 136 Å². The summed E-state index contributed by atoms with van der Waals surface area (Å²) in [5.41, 5.74) is 9.26. The zero-order valence-electron chi connectivity index (χ0n) is 13.3. The summed E-state index contributed by atoms with van der Waals surface area (Å²) in [5.74, 6) is 0. The molecule has 0 unspecified atom stereocenters. The van der Waals surface area contributed by atoms with Gasteiger partial charge in [0, 0.05) is 11.6 Å². The van der Waals surface area contributed by atoms with Gasteiger partial charge < -0.3 is 5.73 Å². The number of anilines is 1. The molecule has 0 aliphatic carbocycles. The van der Waals surface area contributed by atoms with Gasteiger partial charge in [0.05, 0.1) is 16.1 Å². The molecule has 1 heterocycles. The molecule has 23 heavy (non-hydrogen) atoms. The lowest BCUT2D eigenvalue weighted by atomic mass is 10.1. The lowest BCUT2D eigenvalue weighted by Crippen LogP contribution is -2.12. The normalized spacial score (nSPS) is 11.9. The van der Waals surface area contributed by atoms with E-state index >= 15 is 0 Å². The number of aromatic nitrogens is 1. The van der Waals surface area contributed by atoms with Crippen LogP contribution in [0.2, 0.25) is 0 Å². The van der Waals surface area contributed by atoms with E-state index in [2.05, 4.69) is 6.92 Å². The molecule has 2 N–H and O–H groups in total. The minimum atomic E-state index is -3.66. The Balaban J connectivity index is 2.24. The van der Waals surface area contributed by atoms with Crippen molar-refractivity contribution in [3.05, 3.63) is 59.8 Å². The predicted octanol–water partition coefficient (Wildman–Crippen LogP) is 3.72. The Morgan fingerprint density at radius 1 is 1.04 bits per heavy atom. The van der Waals surface area contributed by atoms with Crippen LogP contribution < -0.4 is 5.73 Å². The number of aryl methyl sites for hydroxylation is 2. The lowest BCUT2D eigenvalue weighted by molar-refractivity contribution is 0.589. The van der Waals surface area contributed by atoms with Gasteiger partial charge in [0.1, 0.15) is 0 Å². The first kappa shape index (κ1) is 15.6. The molecule has 1 aromatic heterocycles. The van der Waals surface area contributed by atoms with Gasteiger partial charge in [-0.15, -0.1) is 0 Å². The second-order valence-corrected chi connectivity index (χ2v) is 7.57. The van der Waals surface area contributed by atoms with Crippen LogP contribution in [0.5, 0.6) is 0 Å². The Kier molecular flexibility index (Phi) is 3.90. The van der Waals surface area contributed by atoms with E-state index in [1.807, 2.05) is 19.1 Å². The molecule has 0 fully saturated rings. The monoisotopic (exact) mass is 328 g/mol. The minimum absolute atomic E-state index is 0.265. The van der Waals surface area contributed by atoms with Gasteiger partial charge in [-0.2, -0.15) is 0 Å². The van der Waals surface area contributed by atoms with Crippen molar-refractivity contribution in [2.45, 2.75) is 31.6 Å². The quantitative estimate of drug-likeness (QED) is 0.742. The molecule has 5 heteroatoms. The fourth-order valence-corrected chi connectivity index (χ4v) is 4.20. The van der Waals surface area contributed by atoms with Crippen molar-refractivity contribution < 1.29 is 8.42 Å². The molecule has 3 aromatic rings. The number of hydrogen-bond donors (Lipinski definition) is 1. The van der Waals surface area contributed by atoms with Gasteiger partial charge in [-0.25, -0.2) is 12.4 Å². The van der Waals surface area contributed by atoms with Crippen molar-refractivity contribution in [3.8, 4) is 0 Å². The molecular formula is C18H20N2O2S. The summed E-state index contributed by atoms with van der Waals surface area (Å²) >= 11 is 0. The van der Waals surface area contributed by atoms with E-state index in [0.29, 0.717) is 11.2 Å². The first-order chi connectivity index (χ1) is 10.9. The second kappa shape index (κ2) is 5.74. The fraction of sp³-hybridized carbons (Fsp3) is 0.222. The third kappa shape index (κ3) is 2.61. The summed E-state index contributed by atoms with van der Waals surface area (Å²) in [6.45, 7) is 4.03. The summed E-state index contributed by atoms with van der Waals surface area (Å²) < 4.78 is 27.2. The molecule has 3 rings (SSSR count). The maximum Gasteiger partial charge on any atom is 0.268 e. The molecule has 0 bridgehead atoms. The first-order valence-corrected chi connectivity index (χ1v) is 9.10. The molecule has 0 saturated carbocycles. The topological polar surface area (TPSA) is 65.1 Å². The minimum Gasteiger partial charge on any atom is -0.397 e. The summed E-state index contributed by atoms with van der Waals surface area (Å²) in [4.78, 5) is 0.265. The van der Waals surface area contributed by atoms with Crippen LogP contribution in [0.15, 0.2) is 53.6 Å². The number of fused-ring (bicyclic) bond motifs is 1. The highest BCUT2D eigenvalue weighted by atomic mass is 32.2. The molecule has 120 valence electrons. The molecular weight excluding hydrogens is 308 g/mol. The van der Waals surface area contributed by atoms with Crippen molar-refractivity contribution in [2.24, 2.45) is 0 Å². The van der Waals surface area contributed by atoms with E-state index in [9.17, 15) is 8.42 Å². The summed E-state index contributed by atoms with van der Waals surface area (Å²) in [6, 6.07) is 12.4. The number of nitrogen functional groups attached to an aromatic ring is 1. The number of nitrogens with two attached hydrogens (primary N) is 1. The van der Waals surface area contributed by atoms with Crippen LogP contribution in [0, 0.1) is 6.92 Å². The average molecular weight is 328 g/mol. The zero-order chi connectivity index (χ0) is 16.6. The molecule has 0 aliphatic rings. The highest BCUT2D eigenvalue weighted by molar-refractivity contribution is 7.90. The number of hydrogen-bond acceptors (Lipinski definition) is 3. The van der Waals surface area contributed by atoms with Crippen LogP contribution in [0.3, 0.4) is 0 Å². The van der Waals surface area contributed by atoms with Crippen molar-refractivity contribution in [3.63, 3.8) is 0 Å². The molecule has 0 atom stereocenters.